The van der Waals surface area contributed by atoms with Crippen LogP contribution in [-0.2, 0) is 14.3 Å². The zero-order valence-electron chi connectivity index (χ0n) is 36.0. The molecule has 3 N–H and O–H groups in total. The fourth-order valence-corrected chi connectivity index (χ4v) is 6.65. The second kappa shape index (κ2) is 42.7. The highest BCUT2D eigenvalue weighted by atomic mass is 16.5. The number of esters is 1. The Labute approximate surface area is 339 Å². The maximum Gasteiger partial charge on any atom is 0.306 e. The van der Waals surface area contributed by atoms with Crippen LogP contribution in [0.2, 0.25) is 0 Å². The van der Waals surface area contributed by atoms with Crippen LogP contribution in [0.25, 0.3) is 0 Å². The maximum atomic E-state index is 13.1. The summed E-state index contributed by atoms with van der Waals surface area (Å²) in [5, 5.41) is 23.6. The molecular weight excluding hydrogens is 683 g/mol. The molecule has 0 bridgehead atoms. The molecule has 0 aromatic carbocycles. The van der Waals surface area contributed by atoms with E-state index in [9.17, 15) is 19.8 Å². The number of carbonyl (C=O) groups excluding carboxylic acids is 2. The number of amides is 1. The van der Waals surface area contributed by atoms with Gasteiger partial charge in [-0.05, 0) is 70.6 Å². The molecule has 0 aliphatic heterocycles. The van der Waals surface area contributed by atoms with Gasteiger partial charge in [-0.3, -0.25) is 9.59 Å². The lowest BCUT2D eigenvalue weighted by Crippen LogP contribution is -2.46. The minimum absolute atomic E-state index is 0.0479. The van der Waals surface area contributed by atoms with Crippen LogP contribution in [0, 0.1) is 0 Å². The molecule has 6 heteroatoms. The average Bonchev–Trinajstić information content (AvgIpc) is 3.18. The van der Waals surface area contributed by atoms with Crippen LogP contribution < -0.4 is 5.32 Å². The van der Waals surface area contributed by atoms with Crippen LogP contribution >= 0.6 is 0 Å². The van der Waals surface area contributed by atoms with Crippen molar-refractivity contribution in [3.8, 4) is 0 Å². The molecule has 0 heterocycles. The molecule has 318 valence electrons. The maximum absolute atomic E-state index is 13.1. The van der Waals surface area contributed by atoms with Crippen LogP contribution in [0.15, 0.2) is 60.8 Å². The summed E-state index contributed by atoms with van der Waals surface area (Å²) < 4.78 is 5.88. The molecule has 3 atom stereocenters. The monoisotopic (exact) mass is 770 g/mol. The second-order valence-electron chi connectivity index (χ2n) is 15.5. The number of hydrogen-bond acceptors (Lipinski definition) is 5. The van der Waals surface area contributed by atoms with Gasteiger partial charge in [-0.2, -0.15) is 0 Å². The van der Waals surface area contributed by atoms with Crippen LogP contribution in [0.1, 0.15) is 213 Å². The van der Waals surface area contributed by atoms with Crippen LogP contribution in [0.4, 0.5) is 0 Å². The summed E-state index contributed by atoms with van der Waals surface area (Å²) in [5.74, 6) is -0.527. The normalized spacial score (nSPS) is 13.9. The third kappa shape index (κ3) is 38.2. The lowest BCUT2D eigenvalue weighted by Gasteiger charge is -2.24. The molecular formula is C49H87NO5. The Kier molecular flexibility index (Phi) is 40.8. The molecule has 3 unspecified atom stereocenters. The molecule has 0 aromatic rings. The van der Waals surface area contributed by atoms with E-state index < -0.39 is 18.2 Å². The Morgan fingerprint density at radius 3 is 1.55 bits per heavy atom. The van der Waals surface area contributed by atoms with Gasteiger partial charge < -0.3 is 20.3 Å². The quantitative estimate of drug-likeness (QED) is 0.0328. The van der Waals surface area contributed by atoms with Crippen molar-refractivity contribution >= 4 is 11.9 Å². The number of nitrogens with one attached hydrogen (secondary N) is 1. The first kappa shape index (κ1) is 52.6. The van der Waals surface area contributed by atoms with E-state index in [2.05, 4.69) is 74.7 Å². The number of allylic oxidation sites excluding steroid dienone is 10. The molecule has 1 amide bonds. The average molecular weight is 770 g/mol. The first-order chi connectivity index (χ1) is 27.0. The fourth-order valence-electron chi connectivity index (χ4n) is 6.65. The van der Waals surface area contributed by atoms with Crippen molar-refractivity contribution < 1.29 is 24.5 Å². The largest absolute Gasteiger partial charge is 0.462 e. The molecule has 0 spiro atoms. The van der Waals surface area contributed by atoms with Crippen molar-refractivity contribution in [1.82, 2.24) is 5.32 Å². The Hall–Kier alpha value is -2.44. The van der Waals surface area contributed by atoms with Gasteiger partial charge in [-0.25, -0.2) is 0 Å². The molecule has 0 fully saturated rings. The summed E-state index contributed by atoms with van der Waals surface area (Å²) >= 11 is 0. The van der Waals surface area contributed by atoms with Crippen molar-refractivity contribution in [2.75, 3.05) is 6.61 Å². The lowest BCUT2D eigenvalue weighted by atomic mass is 10.0. The Morgan fingerprint density at radius 1 is 0.545 bits per heavy atom. The Bertz CT molecular complexity index is 999. The van der Waals surface area contributed by atoms with E-state index in [1.165, 1.54) is 89.9 Å². The Balaban J connectivity index is 4.64. The number of unbranched alkanes of at least 4 members (excludes halogenated alkanes) is 21. The van der Waals surface area contributed by atoms with Crippen molar-refractivity contribution in [1.29, 1.82) is 0 Å². The number of rotatable bonds is 40. The number of hydrogen-bond donors (Lipinski definition) is 3. The second-order valence-corrected chi connectivity index (χ2v) is 15.5. The lowest BCUT2D eigenvalue weighted by molar-refractivity contribution is -0.151. The topological polar surface area (TPSA) is 95.9 Å². The smallest absolute Gasteiger partial charge is 0.306 e. The Morgan fingerprint density at radius 2 is 0.982 bits per heavy atom. The van der Waals surface area contributed by atoms with Gasteiger partial charge in [0.2, 0.25) is 5.91 Å². The first-order valence-electron chi connectivity index (χ1n) is 23.1. The number of carbonyl (C=O) groups is 2. The van der Waals surface area contributed by atoms with E-state index in [0.717, 1.165) is 77.0 Å². The molecule has 0 rings (SSSR count). The molecule has 55 heavy (non-hydrogen) atoms. The number of aliphatic hydroxyl groups excluding tert-OH is 2. The minimum atomic E-state index is -0.798. The van der Waals surface area contributed by atoms with Crippen molar-refractivity contribution in [3.05, 3.63) is 60.8 Å². The first-order valence-corrected chi connectivity index (χ1v) is 23.1. The van der Waals surface area contributed by atoms with E-state index in [0.29, 0.717) is 19.3 Å². The summed E-state index contributed by atoms with van der Waals surface area (Å²) in [6.07, 6.45) is 51.4. The predicted octanol–water partition coefficient (Wildman–Crippen LogP) is 13.3. The SMILES string of the molecule is CC/C=C/C=C/C=C\CCCCCC(CC(=O)NC(CO)C(O)CCCCCCCCCCCC)OC(=O)CCCCCCCC/C=C/C=C/CCCCC. The highest BCUT2D eigenvalue weighted by Gasteiger charge is 2.24. The minimum Gasteiger partial charge on any atom is -0.462 e. The van der Waals surface area contributed by atoms with Crippen LogP contribution in [0.3, 0.4) is 0 Å². The van der Waals surface area contributed by atoms with Gasteiger partial charge in [0.05, 0.1) is 25.2 Å². The van der Waals surface area contributed by atoms with E-state index >= 15 is 0 Å². The van der Waals surface area contributed by atoms with E-state index in [4.69, 9.17) is 4.74 Å². The van der Waals surface area contributed by atoms with E-state index in [1.54, 1.807) is 0 Å². The zero-order valence-corrected chi connectivity index (χ0v) is 36.0. The van der Waals surface area contributed by atoms with Crippen LogP contribution in [0.5, 0.6) is 0 Å². The van der Waals surface area contributed by atoms with Crippen molar-refractivity contribution in [2.45, 2.75) is 232 Å². The van der Waals surface area contributed by atoms with Gasteiger partial charge >= 0.3 is 5.97 Å². The van der Waals surface area contributed by atoms with Gasteiger partial charge in [-0.15, -0.1) is 0 Å². The molecule has 0 aromatic heterocycles. The third-order valence-corrected chi connectivity index (χ3v) is 10.2. The van der Waals surface area contributed by atoms with Gasteiger partial charge in [0.1, 0.15) is 6.10 Å². The standard InChI is InChI=1S/C49H87NO5/c1-4-7-10-13-16-19-22-23-24-25-27-30-33-36-39-42-49(54)55-45(40-37-34-31-28-26-20-17-14-11-8-5-2)43-48(53)50-46(44-51)47(52)41-38-35-32-29-21-18-15-12-9-6-3/h8,11,14,16-17,19-20,22-23,26,45-47,51-52H,4-7,9-10,12-13,15,18,21,24-25,27-44H2,1-3H3,(H,50,53)/b11-8+,17-14+,19-16+,23-22+,26-20-. The summed E-state index contributed by atoms with van der Waals surface area (Å²) in [6, 6.07) is -0.714. The highest BCUT2D eigenvalue weighted by molar-refractivity contribution is 5.77. The summed E-state index contributed by atoms with van der Waals surface area (Å²) in [4.78, 5) is 26.0. The van der Waals surface area contributed by atoms with Crippen molar-refractivity contribution in [2.24, 2.45) is 0 Å². The van der Waals surface area contributed by atoms with E-state index in [-0.39, 0.29) is 24.9 Å². The number of ether oxygens (including phenoxy) is 1. The fraction of sp³-hybridized carbons (Fsp3) is 0.755. The van der Waals surface area contributed by atoms with Crippen molar-refractivity contribution in [3.63, 3.8) is 0 Å². The van der Waals surface area contributed by atoms with Gasteiger partial charge in [0.15, 0.2) is 0 Å². The van der Waals surface area contributed by atoms with Gasteiger partial charge in [-0.1, -0.05) is 191 Å². The van der Waals surface area contributed by atoms with Gasteiger partial charge in [0.25, 0.3) is 0 Å². The molecule has 0 saturated carbocycles. The summed E-state index contributed by atoms with van der Waals surface area (Å²) in [5.41, 5.74) is 0. The zero-order chi connectivity index (χ0) is 40.3. The molecule has 0 aliphatic carbocycles. The van der Waals surface area contributed by atoms with Crippen LogP contribution in [-0.4, -0.2) is 46.9 Å². The summed E-state index contributed by atoms with van der Waals surface area (Å²) in [6.45, 7) is 6.28. The number of aliphatic hydroxyl groups is 2. The highest BCUT2D eigenvalue weighted by Crippen LogP contribution is 2.17. The third-order valence-electron chi connectivity index (χ3n) is 10.2. The predicted molar refractivity (Wildman–Crippen MR) is 236 cm³/mol. The molecule has 0 radical (unpaired) electrons. The molecule has 0 saturated heterocycles. The van der Waals surface area contributed by atoms with E-state index in [1.807, 2.05) is 12.2 Å². The van der Waals surface area contributed by atoms with Gasteiger partial charge in [0, 0.05) is 6.42 Å². The molecule has 0 aliphatic rings. The summed E-state index contributed by atoms with van der Waals surface area (Å²) in [7, 11) is 0. The molecule has 6 nitrogen and oxygen atoms in total.